The first-order valence-electron chi connectivity index (χ1n) is 8.09. The summed E-state index contributed by atoms with van der Waals surface area (Å²) in [6, 6.07) is 18.0. The highest BCUT2D eigenvalue weighted by molar-refractivity contribution is 6.33. The molecule has 0 unspecified atom stereocenters. The van der Waals surface area contributed by atoms with Crippen LogP contribution in [0.15, 0.2) is 70.7 Å². The molecule has 0 atom stereocenters. The summed E-state index contributed by atoms with van der Waals surface area (Å²) in [6.45, 7) is 0. The number of nitriles is 1. The maximum atomic E-state index is 12.3. The Hall–Kier alpha value is -3.82. The number of carboxylic acids is 1. The second-order valence-corrected chi connectivity index (χ2v) is 6.10. The number of nitrogens with one attached hydrogen (secondary N) is 1. The van der Waals surface area contributed by atoms with E-state index in [1.165, 1.54) is 24.3 Å². The van der Waals surface area contributed by atoms with Gasteiger partial charge in [-0.3, -0.25) is 4.79 Å². The van der Waals surface area contributed by atoms with Crippen LogP contribution in [0, 0.1) is 11.3 Å². The smallest absolute Gasteiger partial charge is 0.335 e. The summed E-state index contributed by atoms with van der Waals surface area (Å²) < 4.78 is 5.63. The van der Waals surface area contributed by atoms with Crippen LogP contribution in [0.3, 0.4) is 0 Å². The summed E-state index contributed by atoms with van der Waals surface area (Å²) in [5, 5.41) is 21.4. The third kappa shape index (κ3) is 4.29. The molecule has 0 saturated carbocycles. The van der Waals surface area contributed by atoms with Gasteiger partial charge in [-0.1, -0.05) is 29.8 Å². The molecule has 28 heavy (non-hydrogen) atoms. The number of aromatic carboxylic acids is 1. The van der Waals surface area contributed by atoms with E-state index in [2.05, 4.69) is 5.32 Å². The molecule has 0 radical (unpaired) electrons. The molecule has 1 heterocycles. The first kappa shape index (κ1) is 19.0. The number of para-hydroxylation sites is 1. The fourth-order valence-electron chi connectivity index (χ4n) is 2.43. The van der Waals surface area contributed by atoms with E-state index in [0.717, 1.165) is 0 Å². The SMILES string of the molecule is N#C/C(=C\c1ccc(-c2cc(C(=O)O)ccc2Cl)o1)C(=O)Nc1ccccc1. The lowest BCUT2D eigenvalue weighted by molar-refractivity contribution is -0.112. The van der Waals surface area contributed by atoms with Crippen molar-refractivity contribution in [2.24, 2.45) is 0 Å². The van der Waals surface area contributed by atoms with Crippen molar-refractivity contribution in [3.8, 4) is 17.4 Å². The Morgan fingerprint density at radius 2 is 1.86 bits per heavy atom. The lowest BCUT2D eigenvalue weighted by Crippen LogP contribution is -2.13. The molecule has 0 saturated heterocycles. The fraction of sp³-hybridized carbons (Fsp3) is 0. The van der Waals surface area contributed by atoms with Crippen LogP contribution >= 0.6 is 11.6 Å². The van der Waals surface area contributed by atoms with Crippen LogP contribution in [0.4, 0.5) is 5.69 Å². The van der Waals surface area contributed by atoms with Crippen molar-refractivity contribution < 1.29 is 19.1 Å². The van der Waals surface area contributed by atoms with Crippen molar-refractivity contribution >= 4 is 35.2 Å². The molecular weight excluding hydrogens is 380 g/mol. The zero-order valence-corrected chi connectivity index (χ0v) is 15.1. The maximum Gasteiger partial charge on any atom is 0.335 e. The van der Waals surface area contributed by atoms with Crippen LogP contribution in [0.1, 0.15) is 16.1 Å². The van der Waals surface area contributed by atoms with Gasteiger partial charge in [-0.25, -0.2) is 4.79 Å². The number of carbonyl (C=O) groups excluding carboxylic acids is 1. The largest absolute Gasteiger partial charge is 0.478 e. The van der Waals surface area contributed by atoms with E-state index in [-0.39, 0.29) is 16.9 Å². The number of nitrogens with zero attached hydrogens (tertiary/aromatic N) is 1. The van der Waals surface area contributed by atoms with E-state index >= 15 is 0 Å². The number of rotatable bonds is 5. The van der Waals surface area contributed by atoms with Gasteiger partial charge >= 0.3 is 5.97 Å². The Kier molecular flexibility index (Phi) is 5.58. The lowest BCUT2D eigenvalue weighted by atomic mass is 10.1. The summed E-state index contributed by atoms with van der Waals surface area (Å²) in [7, 11) is 0. The zero-order chi connectivity index (χ0) is 20.1. The number of carbonyl (C=O) groups is 2. The first-order chi connectivity index (χ1) is 13.5. The maximum absolute atomic E-state index is 12.3. The van der Waals surface area contributed by atoms with E-state index in [4.69, 9.17) is 21.1 Å². The number of benzene rings is 2. The van der Waals surface area contributed by atoms with Gasteiger partial charge in [0.2, 0.25) is 0 Å². The summed E-state index contributed by atoms with van der Waals surface area (Å²) in [5.41, 5.74) is 0.877. The molecule has 0 aliphatic rings. The van der Waals surface area contributed by atoms with Gasteiger partial charge in [-0.15, -0.1) is 0 Å². The summed E-state index contributed by atoms with van der Waals surface area (Å²) in [5.74, 6) is -1.09. The van der Waals surface area contributed by atoms with Crippen molar-refractivity contribution in [3.05, 3.63) is 82.6 Å². The van der Waals surface area contributed by atoms with Crippen LogP contribution < -0.4 is 5.32 Å². The monoisotopic (exact) mass is 392 g/mol. The van der Waals surface area contributed by atoms with Crippen LogP contribution in [-0.2, 0) is 4.79 Å². The Labute approximate surface area is 165 Å². The summed E-state index contributed by atoms with van der Waals surface area (Å²) >= 11 is 6.13. The van der Waals surface area contributed by atoms with E-state index in [0.29, 0.717) is 22.0 Å². The zero-order valence-electron chi connectivity index (χ0n) is 14.3. The van der Waals surface area contributed by atoms with Gasteiger partial charge in [0, 0.05) is 17.3 Å². The predicted octanol–water partition coefficient (Wildman–Crippen LogP) is 4.84. The van der Waals surface area contributed by atoms with Gasteiger partial charge in [0.1, 0.15) is 23.2 Å². The van der Waals surface area contributed by atoms with Crippen LogP contribution in [0.5, 0.6) is 0 Å². The van der Waals surface area contributed by atoms with E-state index in [9.17, 15) is 14.9 Å². The van der Waals surface area contributed by atoms with Crippen LogP contribution in [0.2, 0.25) is 5.02 Å². The van der Waals surface area contributed by atoms with Crippen molar-refractivity contribution in [1.82, 2.24) is 0 Å². The molecule has 0 aliphatic carbocycles. The number of amides is 1. The molecule has 0 fully saturated rings. The van der Waals surface area contributed by atoms with Crippen molar-refractivity contribution in [2.75, 3.05) is 5.32 Å². The second-order valence-electron chi connectivity index (χ2n) is 5.69. The molecule has 2 N–H and O–H groups in total. The quantitative estimate of drug-likeness (QED) is 0.477. The number of furan rings is 1. The van der Waals surface area contributed by atoms with Gasteiger partial charge in [-0.05, 0) is 42.5 Å². The highest BCUT2D eigenvalue weighted by atomic mass is 35.5. The molecule has 7 heteroatoms. The minimum Gasteiger partial charge on any atom is -0.478 e. The molecule has 3 aromatic rings. The standard InChI is InChI=1S/C21H13ClN2O4/c22-18-8-6-13(21(26)27)11-17(18)19-9-7-16(28-19)10-14(12-23)20(25)24-15-4-2-1-3-5-15/h1-11H,(H,24,25)(H,26,27)/b14-10+. The molecule has 6 nitrogen and oxygen atoms in total. The van der Waals surface area contributed by atoms with Gasteiger partial charge < -0.3 is 14.8 Å². The summed E-state index contributed by atoms with van der Waals surface area (Å²) in [6.07, 6.45) is 1.30. The van der Waals surface area contributed by atoms with E-state index in [1.54, 1.807) is 36.4 Å². The van der Waals surface area contributed by atoms with Crippen molar-refractivity contribution in [2.45, 2.75) is 0 Å². The Bertz CT molecular complexity index is 1110. The second kappa shape index (κ2) is 8.25. The Morgan fingerprint density at radius 3 is 2.54 bits per heavy atom. The van der Waals surface area contributed by atoms with Crippen LogP contribution in [-0.4, -0.2) is 17.0 Å². The molecule has 0 bridgehead atoms. The average molecular weight is 393 g/mol. The predicted molar refractivity (Wildman–Crippen MR) is 105 cm³/mol. The third-order valence-electron chi connectivity index (χ3n) is 3.79. The van der Waals surface area contributed by atoms with E-state index in [1.807, 2.05) is 12.1 Å². The summed E-state index contributed by atoms with van der Waals surface area (Å²) in [4.78, 5) is 23.4. The lowest BCUT2D eigenvalue weighted by Gasteiger charge is -2.03. The molecule has 0 aliphatic heterocycles. The van der Waals surface area contributed by atoms with E-state index < -0.39 is 11.9 Å². The molecular formula is C21H13ClN2O4. The van der Waals surface area contributed by atoms with Gasteiger partial charge in [-0.2, -0.15) is 5.26 Å². The first-order valence-corrected chi connectivity index (χ1v) is 8.47. The topological polar surface area (TPSA) is 103 Å². The van der Waals surface area contributed by atoms with Crippen molar-refractivity contribution in [1.29, 1.82) is 5.26 Å². The van der Waals surface area contributed by atoms with Crippen LogP contribution in [0.25, 0.3) is 17.4 Å². The third-order valence-corrected chi connectivity index (χ3v) is 4.12. The normalized spacial score (nSPS) is 10.9. The molecule has 0 spiro atoms. The number of anilines is 1. The Balaban J connectivity index is 1.87. The molecule has 1 aromatic heterocycles. The highest BCUT2D eigenvalue weighted by Gasteiger charge is 2.14. The van der Waals surface area contributed by atoms with Crippen molar-refractivity contribution in [3.63, 3.8) is 0 Å². The molecule has 2 aromatic carbocycles. The van der Waals surface area contributed by atoms with Gasteiger partial charge in [0.25, 0.3) is 5.91 Å². The molecule has 138 valence electrons. The fourth-order valence-corrected chi connectivity index (χ4v) is 2.64. The molecule has 1 amide bonds. The number of carboxylic acid groups (broad SMARTS) is 1. The minimum absolute atomic E-state index is 0.0628. The average Bonchev–Trinajstić information content (AvgIpc) is 3.15. The highest BCUT2D eigenvalue weighted by Crippen LogP contribution is 2.31. The number of halogens is 1. The Morgan fingerprint density at radius 1 is 1.11 bits per heavy atom. The molecule has 3 rings (SSSR count). The minimum atomic E-state index is -1.09. The van der Waals surface area contributed by atoms with Gasteiger partial charge in [0.05, 0.1) is 10.6 Å². The number of hydrogen-bond acceptors (Lipinski definition) is 4. The number of hydrogen-bond donors (Lipinski definition) is 2. The van der Waals surface area contributed by atoms with Gasteiger partial charge in [0.15, 0.2) is 0 Å².